The van der Waals surface area contributed by atoms with Gasteiger partial charge in [-0.1, -0.05) is 6.92 Å². The van der Waals surface area contributed by atoms with E-state index in [0.717, 1.165) is 24.0 Å². The molecule has 0 aromatic heterocycles. The molecule has 92 valence electrons. The van der Waals surface area contributed by atoms with E-state index in [0.29, 0.717) is 6.04 Å². The van der Waals surface area contributed by atoms with E-state index >= 15 is 0 Å². The average Bonchev–Trinajstić information content (AvgIpc) is 2.38. The molecule has 1 saturated heterocycles. The van der Waals surface area contributed by atoms with Crippen molar-refractivity contribution in [3.8, 4) is 0 Å². The number of anilines is 1. The third kappa shape index (κ3) is 2.51. The van der Waals surface area contributed by atoms with Gasteiger partial charge in [-0.25, -0.2) is 0 Å². The highest BCUT2D eigenvalue weighted by Gasteiger charge is 2.21. The lowest BCUT2D eigenvalue weighted by Gasteiger charge is -2.37. The van der Waals surface area contributed by atoms with Gasteiger partial charge in [0.25, 0.3) is 0 Å². The predicted octanol–water partition coefficient (Wildman–Crippen LogP) is 3.58. The Morgan fingerprint density at radius 2 is 2.24 bits per heavy atom. The topological polar surface area (TPSA) is 20.3 Å². The minimum absolute atomic E-state index is 0.672. The number of hydrogen-bond acceptors (Lipinski definition) is 2. The third-order valence-electron chi connectivity index (χ3n) is 3.81. The molecule has 2 nitrogen and oxygen atoms in total. The summed E-state index contributed by atoms with van der Waals surface area (Å²) in [5.41, 5.74) is 3.16. The van der Waals surface area contributed by atoms with Crippen LogP contribution in [0.1, 0.15) is 48.5 Å². The fourth-order valence-corrected chi connectivity index (χ4v) is 2.74. The minimum atomic E-state index is 0.672. The van der Waals surface area contributed by atoms with Crippen LogP contribution in [0, 0.1) is 6.92 Å². The maximum atomic E-state index is 10.8. The number of aldehydes is 1. The van der Waals surface area contributed by atoms with Crippen LogP contribution >= 0.6 is 0 Å². The Balaban J connectivity index is 2.25. The highest BCUT2D eigenvalue weighted by molar-refractivity contribution is 5.78. The first-order valence-electron chi connectivity index (χ1n) is 6.58. The SMILES string of the molecule is CCC1CCCCN1c1ccc(C=O)c(C)c1. The summed E-state index contributed by atoms with van der Waals surface area (Å²) in [7, 11) is 0. The van der Waals surface area contributed by atoms with Gasteiger partial charge in [-0.3, -0.25) is 4.79 Å². The molecular formula is C15H21NO. The molecule has 1 aliphatic rings. The Morgan fingerprint density at radius 3 is 2.88 bits per heavy atom. The lowest BCUT2D eigenvalue weighted by Crippen LogP contribution is -2.39. The first kappa shape index (κ1) is 12.2. The second kappa shape index (κ2) is 5.35. The number of aryl methyl sites for hydroxylation is 1. The first-order valence-corrected chi connectivity index (χ1v) is 6.58. The van der Waals surface area contributed by atoms with Crippen LogP contribution in [0.25, 0.3) is 0 Å². The van der Waals surface area contributed by atoms with E-state index in [1.54, 1.807) is 0 Å². The molecule has 0 radical (unpaired) electrons. The largest absolute Gasteiger partial charge is 0.369 e. The molecule has 17 heavy (non-hydrogen) atoms. The average molecular weight is 231 g/mol. The molecule has 1 heterocycles. The molecule has 1 aromatic carbocycles. The van der Waals surface area contributed by atoms with Crippen molar-refractivity contribution in [2.24, 2.45) is 0 Å². The molecule has 2 rings (SSSR count). The van der Waals surface area contributed by atoms with Crippen molar-refractivity contribution < 1.29 is 4.79 Å². The predicted molar refractivity (Wildman–Crippen MR) is 71.8 cm³/mol. The molecule has 0 N–H and O–H groups in total. The van der Waals surface area contributed by atoms with Gasteiger partial charge in [0.05, 0.1) is 0 Å². The highest BCUT2D eigenvalue weighted by Crippen LogP contribution is 2.27. The number of carbonyl (C=O) groups is 1. The van der Waals surface area contributed by atoms with Gasteiger partial charge in [0, 0.05) is 23.8 Å². The van der Waals surface area contributed by atoms with E-state index < -0.39 is 0 Å². The van der Waals surface area contributed by atoms with E-state index in [-0.39, 0.29) is 0 Å². The van der Waals surface area contributed by atoms with Gasteiger partial charge in [0.2, 0.25) is 0 Å². The van der Waals surface area contributed by atoms with Crippen LogP contribution < -0.4 is 4.90 Å². The van der Waals surface area contributed by atoms with Crippen LogP contribution in [0.2, 0.25) is 0 Å². The van der Waals surface area contributed by atoms with Gasteiger partial charge >= 0.3 is 0 Å². The summed E-state index contributed by atoms with van der Waals surface area (Å²) in [5, 5.41) is 0. The van der Waals surface area contributed by atoms with Crippen molar-refractivity contribution in [3.63, 3.8) is 0 Å². The number of rotatable bonds is 3. The van der Waals surface area contributed by atoms with E-state index in [9.17, 15) is 4.79 Å². The monoisotopic (exact) mass is 231 g/mol. The zero-order valence-electron chi connectivity index (χ0n) is 10.8. The molecule has 2 heteroatoms. The van der Waals surface area contributed by atoms with Crippen LogP contribution in [0.3, 0.4) is 0 Å². The van der Waals surface area contributed by atoms with Gasteiger partial charge in [0.1, 0.15) is 6.29 Å². The number of nitrogens with zero attached hydrogens (tertiary/aromatic N) is 1. The fourth-order valence-electron chi connectivity index (χ4n) is 2.74. The molecule has 0 amide bonds. The molecule has 0 spiro atoms. The van der Waals surface area contributed by atoms with Crippen molar-refractivity contribution in [1.29, 1.82) is 0 Å². The van der Waals surface area contributed by atoms with Crippen molar-refractivity contribution >= 4 is 12.0 Å². The second-order valence-corrected chi connectivity index (χ2v) is 4.91. The Bertz CT molecular complexity index is 400. The number of carbonyl (C=O) groups excluding carboxylic acids is 1. The van der Waals surface area contributed by atoms with Crippen LogP contribution in [-0.4, -0.2) is 18.9 Å². The standard InChI is InChI=1S/C15H21NO/c1-3-14-6-4-5-9-16(14)15-8-7-13(11-17)12(2)10-15/h7-8,10-11,14H,3-6,9H2,1-2H3. The quantitative estimate of drug-likeness (QED) is 0.741. The summed E-state index contributed by atoms with van der Waals surface area (Å²) >= 11 is 0. The zero-order chi connectivity index (χ0) is 12.3. The first-order chi connectivity index (χ1) is 8.26. The second-order valence-electron chi connectivity index (χ2n) is 4.91. The van der Waals surface area contributed by atoms with Crippen LogP contribution in [0.4, 0.5) is 5.69 Å². The smallest absolute Gasteiger partial charge is 0.150 e. The number of piperidine rings is 1. The maximum absolute atomic E-state index is 10.8. The van der Waals surface area contributed by atoms with Crippen molar-refractivity contribution in [3.05, 3.63) is 29.3 Å². The summed E-state index contributed by atoms with van der Waals surface area (Å²) in [6.45, 7) is 5.42. The van der Waals surface area contributed by atoms with Gasteiger partial charge in [-0.05, 0) is 56.4 Å². The molecule has 1 fully saturated rings. The van der Waals surface area contributed by atoms with Gasteiger partial charge < -0.3 is 4.90 Å². The summed E-state index contributed by atoms with van der Waals surface area (Å²) < 4.78 is 0. The number of benzene rings is 1. The fraction of sp³-hybridized carbons (Fsp3) is 0.533. The van der Waals surface area contributed by atoms with E-state index in [1.807, 2.05) is 13.0 Å². The Morgan fingerprint density at radius 1 is 1.41 bits per heavy atom. The normalized spacial score (nSPS) is 20.4. The van der Waals surface area contributed by atoms with Gasteiger partial charge in [-0.15, -0.1) is 0 Å². The van der Waals surface area contributed by atoms with Crippen LogP contribution in [0.15, 0.2) is 18.2 Å². The summed E-state index contributed by atoms with van der Waals surface area (Å²) in [6, 6.07) is 6.85. The molecule has 1 unspecified atom stereocenters. The van der Waals surface area contributed by atoms with Gasteiger partial charge in [0.15, 0.2) is 0 Å². The molecule has 1 atom stereocenters. The molecule has 1 aromatic rings. The molecule has 0 bridgehead atoms. The van der Waals surface area contributed by atoms with Crippen molar-refractivity contribution in [1.82, 2.24) is 0 Å². The summed E-state index contributed by atoms with van der Waals surface area (Å²) in [6.07, 6.45) is 6.07. The minimum Gasteiger partial charge on any atom is -0.369 e. The lowest BCUT2D eigenvalue weighted by atomic mass is 9.98. The van der Waals surface area contributed by atoms with Gasteiger partial charge in [-0.2, -0.15) is 0 Å². The maximum Gasteiger partial charge on any atom is 0.150 e. The van der Waals surface area contributed by atoms with Crippen molar-refractivity contribution in [2.75, 3.05) is 11.4 Å². The molecular weight excluding hydrogens is 210 g/mol. The Kier molecular flexibility index (Phi) is 3.82. The zero-order valence-corrected chi connectivity index (χ0v) is 10.8. The molecule has 0 aliphatic carbocycles. The summed E-state index contributed by atoms with van der Waals surface area (Å²) in [5.74, 6) is 0. The van der Waals surface area contributed by atoms with Crippen molar-refractivity contribution in [2.45, 2.75) is 45.6 Å². The molecule has 1 aliphatic heterocycles. The summed E-state index contributed by atoms with van der Waals surface area (Å²) in [4.78, 5) is 13.3. The van der Waals surface area contributed by atoms with E-state index in [2.05, 4.69) is 24.0 Å². The van der Waals surface area contributed by atoms with E-state index in [4.69, 9.17) is 0 Å². The van der Waals surface area contributed by atoms with E-state index in [1.165, 1.54) is 31.4 Å². The van der Waals surface area contributed by atoms with Crippen LogP contribution in [-0.2, 0) is 0 Å². The Labute approximate surface area is 104 Å². The van der Waals surface area contributed by atoms with Crippen LogP contribution in [0.5, 0.6) is 0 Å². The molecule has 0 saturated carbocycles. The lowest BCUT2D eigenvalue weighted by molar-refractivity contribution is 0.112. The third-order valence-corrected chi connectivity index (χ3v) is 3.81. The Hall–Kier alpha value is -1.31. The highest BCUT2D eigenvalue weighted by atomic mass is 16.1. The number of hydrogen-bond donors (Lipinski definition) is 0.